The third kappa shape index (κ3) is 4.96. The molecule has 11 nitrogen and oxygen atoms in total. The molecule has 4 aromatic rings. The van der Waals surface area contributed by atoms with Gasteiger partial charge in [0.25, 0.3) is 0 Å². The highest BCUT2D eigenvalue weighted by atomic mass is 16.7. The third-order valence-electron chi connectivity index (χ3n) is 5.37. The van der Waals surface area contributed by atoms with Crippen molar-refractivity contribution in [2.24, 2.45) is 0 Å². The minimum absolute atomic E-state index is 0.164. The SMILES string of the molecule is COCOCc1cn(Cc2cnc3c(N4CCOCC4)nc(-c4cccc(O)c4)nc3c2)nn1. The summed E-state index contributed by atoms with van der Waals surface area (Å²) in [6, 6.07) is 8.93. The predicted octanol–water partition coefficient (Wildman–Crippen LogP) is 1.99. The smallest absolute Gasteiger partial charge is 0.162 e. The van der Waals surface area contributed by atoms with E-state index in [0.29, 0.717) is 37.9 Å². The maximum Gasteiger partial charge on any atom is 0.162 e. The summed E-state index contributed by atoms with van der Waals surface area (Å²) in [6.45, 7) is 3.73. The van der Waals surface area contributed by atoms with Crippen LogP contribution in [0.15, 0.2) is 42.7 Å². The maximum absolute atomic E-state index is 9.96. The molecule has 1 aliphatic rings. The summed E-state index contributed by atoms with van der Waals surface area (Å²) in [6.07, 6.45) is 3.64. The monoisotopic (exact) mass is 463 g/mol. The molecule has 1 aromatic carbocycles. The first-order chi connectivity index (χ1) is 16.7. The van der Waals surface area contributed by atoms with Gasteiger partial charge in [0.1, 0.15) is 23.8 Å². The highest BCUT2D eigenvalue weighted by Gasteiger charge is 2.19. The summed E-state index contributed by atoms with van der Waals surface area (Å²) in [5.41, 5.74) is 3.82. The summed E-state index contributed by atoms with van der Waals surface area (Å²) in [7, 11) is 1.57. The Balaban J connectivity index is 1.48. The fraction of sp³-hybridized carbons (Fsp3) is 0.348. The van der Waals surface area contributed by atoms with Crippen molar-refractivity contribution in [3.63, 3.8) is 0 Å². The van der Waals surface area contributed by atoms with Crippen LogP contribution in [0, 0.1) is 0 Å². The molecule has 5 rings (SSSR count). The molecule has 0 bridgehead atoms. The van der Waals surface area contributed by atoms with Gasteiger partial charge in [0.15, 0.2) is 11.6 Å². The number of hydrogen-bond donors (Lipinski definition) is 1. The molecule has 34 heavy (non-hydrogen) atoms. The van der Waals surface area contributed by atoms with E-state index in [2.05, 4.69) is 15.2 Å². The number of fused-ring (bicyclic) bond motifs is 1. The van der Waals surface area contributed by atoms with E-state index < -0.39 is 0 Å². The topological polar surface area (TPSA) is 121 Å². The second-order valence-electron chi connectivity index (χ2n) is 7.89. The number of hydrogen-bond acceptors (Lipinski definition) is 10. The number of phenolic OH excluding ortho intramolecular Hbond substituents is 1. The molecule has 0 amide bonds. The van der Waals surface area contributed by atoms with Crippen molar-refractivity contribution in [2.45, 2.75) is 13.2 Å². The van der Waals surface area contributed by atoms with E-state index in [9.17, 15) is 5.11 Å². The number of phenols is 1. The lowest BCUT2D eigenvalue weighted by Gasteiger charge is -2.28. The Labute approximate surface area is 195 Å². The largest absolute Gasteiger partial charge is 0.508 e. The van der Waals surface area contributed by atoms with Crippen molar-refractivity contribution in [1.82, 2.24) is 29.9 Å². The number of benzene rings is 1. The van der Waals surface area contributed by atoms with Gasteiger partial charge in [-0.2, -0.15) is 0 Å². The van der Waals surface area contributed by atoms with Crippen molar-refractivity contribution in [3.8, 4) is 17.1 Å². The first-order valence-electron chi connectivity index (χ1n) is 10.9. The number of aromatic nitrogens is 6. The Bertz CT molecular complexity index is 1270. The minimum atomic E-state index is 0.164. The van der Waals surface area contributed by atoms with Crippen LogP contribution in [0.3, 0.4) is 0 Å². The molecule has 176 valence electrons. The molecule has 0 spiro atoms. The van der Waals surface area contributed by atoms with Gasteiger partial charge in [-0.3, -0.25) is 4.98 Å². The van der Waals surface area contributed by atoms with E-state index in [4.69, 9.17) is 29.2 Å². The van der Waals surface area contributed by atoms with E-state index >= 15 is 0 Å². The van der Waals surface area contributed by atoms with Crippen LogP contribution < -0.4 is 4.90 Å². The quantitative estimate of drug-likeness (QED) is 0.307. The van der Waals surface area contributed by atoms with Crippen LogP contribution >= 0.6 is 0 Å². The fourth-order valence-corrected chi connectivity index (χ4v) is 3.80. The van der Waals surface area contributed by atoms with Gasteiger partial charge in [0.2, 0.25) is 0 Å². The van der Waals surface area contributed by atoms with E-state index in [1.165, 1.54) is 0 Å². The van der Waals surface area contributed by atoms with Gasteiger partial charge in [-0.05, 0) is 23.8 Å². The van der Waals surface area contributed by atoms with Gasteiger partial charge < -0.3 is 24.2 Å². The summed E-state index contributed by atoms with van der Waals surface area (Å²) in [4.78, 5) is 16.5. The maximum atomic E-state index is 9.96. The Morgan fingerprint density at radius 3 is 2.85 bits per heavy atom. The molecule has 1 N–H and O–H groups in total. The van der Waals surface area contributed by atoms with Gasteiger partial charge in [-0.1, -0.05) is 17.3 Å². The molecule has 11 heteroatoms. The zero-order valence-corrected chi connectivity index (χ0v) is 18.8. The second kappa shape index (κ2) is 10.1. The molecule has 3 aromatic heterocycles. The van der Waals surface area contributed by atoms with Crippen molar-refractivity contribution in [2.75, 3.05) is 45.1 Å². The molecule has 0 saturated carbocycles. The molecule has 0 unspecified atom stereocenters. The number of pyridine rings is 1. The molecule has 1 aliphatic heterocycles. The van der Waals surface area contributed by atoms with Gasteiger partial charge in [-0.15, -0.1) is 5.10 Å². The zero-order chi connectivity index (χ0) is 23.3. The molecule has 1 saturated heterocycles. The number of nitrogens with zero attached hydrogens (tertiary/aromatic N) is 7. The van der Waals surface area contributed by atoms with Gasteiger partial charge in [-0.25, -0.2) is 14.6 Å². The van der Waals surface area contributed by atoms with E-state index in [-0.39, 0.29) is 12.5 Å². The average molecular weight is 463 g/mol. The predicted molar refractivity (Wildman–Crippen MR) is 123 cm³/mol. The van der Waals surface area contributed by atoms with Crippen molar-refractivity contribution < 1.29 is 19.3 Å². The van der Waals surface area contributed by atoms with Gasteiger partial charge >= 0.3 is 0 Å². The van der Waals surface area contributed by atoms with Crippen molar-refractivity contribution >= 4 is 16.9 Å². The second-order valence-corrected chi connectivity index (χ2v) is 7.89. The summed E-state index contributed by atoms with van der Waals surface area (Å²) in [5.74, 6) is 1.45. The van der Waals surface area contributed by atoms with Crippen molar-refractivity contribution in [1.29, 1.82) is 0 Å². The summed E-state index contributed by atoms with van der Waals surface area (Å²) in [5, 5.41) is 18.3. The summed E-state index contributed by atoms with van der Waals surface area (Å²) >= 11 is 0. The van der Waals surface area contributed by atoms with Crippen LogP contribution in [0.5, 0.6) is 5.75 Å². The van der Waals surface area contributed by atoms with Crippen LogP contribution in [0.4, 0.5) is 5.82 Å². The molecular formula is C23H25N7O4. The third-order valence-corrected chi connectivity index (χ3v) is 5.37. The normalized spacial score (nSPS) is 14.1. The van der Waals surface area contributed by atoms with E-state index in [1.807, 2.05) is 24.5 Å². The number of ether oxygens (including phenoxy) is 3. The molecule has 0 aliphatic carbocycles. The zero-order valence-electron chi connectivity index (χ0n) is 18.8. The summed E-state index contributed by atoms with van der Waals surface area (Å²) < 4.78 is 17.5. The van der Waals surface area contributed by atoms with Gasteiger partial charge in [0.05, 0.1) is 38.1 Å². The lowest BCUT2D eigenvalue weighted by Crippen LogP contribution is -2.37. The number of aromatic hydroxyl groups is 1. The lowest BCUT2D eigenvalue weighted by atomic mass is 10.2. The highest BCUT2D eigenvalue weighted by Crippen LogP contribution is 2.28. The molecule has 0 atom stereocenters. The van der Waals surface area contributed by atoms with Crippen molar-refractivity contribution in [3.05, 3.63) is 54.0 Å². The van der Waals surface area contributed by atoms with Crippen LogP contribution in [-0.2, 0) is 27.4 Å². The van der Waals surface area contributed by atoms with Crippen LogP contribution in [0.25, 0.3) is 22.4 Å². The minimum Gasteiger partial charge on any atom is -0.508 e. The number of rotatable bonds is 8. The lowest BCUT2D eigenvalue weighted by molar-refractivity contribution is -0.0401. The molecule has 0 radical (unpaired) electrons. The molecule has 4 heterocycles. The van der Waals surface area contributed by atoms with Crippen LogP contribution in [0.2, 0.25) is 0 Å². The first-order valence-corrected chi connectivity index (χ1v) is 10.9. The van der Waals surface area contributed by atoms with Crippen LogP contribution in [0.1, 0.15) is 11.3 Å². The standard InChI is InChI=1S/C23H25N7O4/c1-32-15-34-14-18-13-30(28-27-18)12-16-9-20-21(24-11-16)23(29-5-7-33-8-6-29)26-22(25-20)17-3-2-4-19(31)10-17/h2-4,9-11,13,31H,5-8,12,14-15H2,1H3. The molecular weight excluding hydrogens is 438 g/mol. The number of anilines is 1. The fourth-order valence-electron chi connectivity index (χ4n) is 3.80. The Morgan fingerprint density at radius 1 is 1.15 bits per heavy atom. The van der Waals surface area contributed by atoms with E-state index in [1.54, 1.807) is 30.0 Å². The van der Waals surface area contributed by atoms with Crippen LogP contribution in [-0.4, -0.2) is 75.3 Å². The number of morpholine rings is 1. The number of methoxy groups -OCH3 is 1. The highest BCUT2D eigenvalue weighted by molar-refractivity contribution is 5.88. The molecule has 1 fully saturated rings. The van der Waals surface area contributed by atoms with Gasteiger partial charge in [0, 0.05) is 32.0 Å². The van der Waals surface area contributed by atoms with E-state index in [0.717, 1.165) is 41.1 Å². The Kier molecular flexibility index (Phi) is 6.56. The Hall–Kier alpha value is -3.67. The first kappa shape index (κ1) is 22.1. The Morgan fingerprint density at radius 2 is 2.03 bits per heavy atom. The average Bonchev–Trinajstić information content (AvgIpc) is 3.31.